The molecule has 1 amide bonds. The number of anilines is 3. The van der Waals surface area contributed by atoms with Crippen LogP contribution in [0.4, 0.5) is 22.7 Å². The second-order valence-electron chi connectivity index (χ2n) is 9.47. The summed E-state index contributed by atoms with van der Waals surface area (Å²) in [6, 6.07) is 11.0. The smallest absolute Gasteiger partial charge is 0.292 e. The molecule has 184 valence electrons. The first kappa shape index (κ1) is 25.4. The molecule has 0 spiro atoms. The minimum absolute atomic E-state index is 0.0110. The van der Waals surface area contributed by atoms with Crippen molar-refractivity contribution in [3.63, 3.8) is 0 Å². The molecule has 0 saturated carbocycles. The van der Waals surface area contributed by atoms with E-state index in [1.165, 1.54) is 29.4 Å². The maximum Gasteiger partial charge on any atom is 0.292 e. The number of nitrogens with zero attached hydrogens (tertiary/aromatic N) is 3. The molecule has 2 aromatic rings. The van der Waals surface area contributed by atoms with Gasteiger partial charge < -0.3 is 15.5 Å². The Morgan fingerprint density at radius 3 is 2.21 bits per heavy atom. The number of nitro groups is 1. The molecule has 34 heavy (non-hydrogen) atoms. The van der Waals surface area contributed by atoms with Crippen LogP contribution >= 0.6 is 0 Å². The number of sulfonamides is 1. The predicted octanol–water partition coefficient (Wildman–Crippen LogP) is 3.52. The second kappa shape index (κ2) is 9.98. The van der Waals surface area contributed by atoms with Crippen LogP contribution in [0.3, 0.4) is 0 Å². The molecule has 0 aliphatic carbocycles. The number of amides is 1. The van der Waals surface area contributed by atoms with Crippen LogP contribution in [-0.4, -0.2) is 56.3 Å². The fraction of sp³-hybridized carbons (Fsp3) is 0.435. The van der Waals surface area contributed by atoms with Gasteiger partial charge in [0.25, 0.3) is 5.69 Å². The van der Waals surface area contributed by atoms with Crippen LogP contribution in [0.25, 0.3) is 0 Å². The molecule has 3 rings (SSSR count). The lowest BCUT2D eigenvalue weighted by atomic mass is 9.97. The number of benzene rings is 2. The zero-order valence-electron chi connectivity index (χ0n) is 19.9. The Hall–Kier alpha value is -3.18. The highest BCUT2D eigenvalue weighted by atomic mass is 32.2. The molecule has 1 saturated heterocycles. The van der Waals surface area contributed by atoms with Crippen molar-refractivity contribution in [3.05, 3.63) is 52.6 Å². The molecule has 10 nitrogen and oxygen atoms in total. The quantitative estimate of drug-likeness (QED) is 0.450. The zero-order chi connectivity index (χ0) is 25.1. The molecule has 0 radical (unpaired) electrons. The van der Waals surface area contributed by atoms with Crippen LogP contribution in [-0.2, 0) is 14.8 Å². The third-order valence-corrected chi connectivity index (χ3v) is 7.32. The fourth-order valence-corrected chi connectivity index (χ4v) is 5.05. The Bertz CT molecular complexity index is 1150. The van der Waals surface area contributed by atoms with Gasteiger partial charge in [0.2, 0.25) is 15.9 Å². The molecule has 1 aliphatic rings. The molecular weight excluding hydrogens is 458 g/mol. The average molecular weight is 490 g/mol. The number of carbonyl (C=O) groups excluding carboxylic acids is 1. The first-order valence-corrected chi connectivity index (χ1v) is 12.5. The van der Waals surface area contributed by atoms with Crippen molar-refractivity contribution in [2.24, 2.45) is 5.41 Å². The molecule has 0 bridgehead atoms. The Balaban J connectivity index is 1.71. The van der Waals surface area contributed by atoms with Gasteiger partial charge in [-0.3, -0.25) is 14.9 Å². The van der Waals surface area contributed by atoms with Gasteiger partial charge in [-0.25, -0.2) is 8.42 Å². The summed E-state index contributed by atoms with van der Waals surface area (Å²) < 4.78 is 27.5. The molecule has 1 aliphatic heterocycles. The molecular formula is C23H31N5O5S. The first-order chi connectivity index (χ1) is 15.9. The fourth-order valence-electron chi connectivity index (χ4n) is 3.63. The summed E-state index contributed by atoms with van der Waals surface area (Å²) in [5.74, 6) is -0.227. The van der Waals surface area contributed by atoms with Gasteiger partial charge in [-0.15, -0.1) is 0 Å². The van der Waals surface area contributed by atoms with Crippen molar-refractivity contribution in [3.8, 4) is 0 Å². The summed E-state index contributed by atoms with van der Waals surface area (Å²) in [5, 5.41) is 17.3. The Kier molecular flexibility index (Phi) is 7.47. The van der Waals surface area contributed by atoms with Crippen LogP contribution < -0.4 is 15.5 Å². The van der Waals surface area contributed by atoms with E-state index in [-0.39, 0.29) is 35.0 Å². The molecule has 0 unspecified atom stereocenters. The molecule has 0 atom stereocenters. The summed E-state index contributed by atoms with van der Waals surface area (Å²) >= 11 is 0. The van der Waals surface area contributed by atoms with Gasteiger partial charge in [0.1, 0.15) is 5.69 Å². The van der Waals surface area contributed by atoms with E-state index >= 15 is 0 Å². The number of carbonyl (C=O) groups is 1. The van der Waals surface area contributed by atoms with Gasteiger partial charge in [-0.1, -0.05) is 20.8 Å². The number of hydrogen-bond acceptors (Lipinski definition) is 7. The van der Waals surface area contributed by atoms with Crippen molar-refractivity contribution in [1.82, 2.24) is 4.31 Å². The van der Waals surface area contributed by atoms with Crippen molar-refractivity contribution in [1.29, 1.82) is 0 Å². The lowest BCUT2D eigenvalue weighted by Gasteiger charge is -2.35. The van der Waals surface area contributed by atoms with E-state index in [1.54, 1.807) is 24.3 Å². The van der Waals surface area contributed by atoms with E-state index in [4.69, 9.17) is 0 Å². The second-order valence-corrected chi connectivity index (χ2v) is 11.4. The maximum absolute atomic E-state index is 13.1. The van der Waals surface area contributed by atoms with E-state index in [0.29, 0.717) is 31.0 Å². The lowest BCUT2D eigenvalue weighted by Crippen LogP contribution is -2.48. The minimum atomic E-state index is -3.67. The van der Waals surface area contributed by atoms with Crippen molar-refractivity contribution in [2.45, 2.75) is 32.6 Å². The summed E-state index contributed by atoms with van der Waals surface area (Å²) in [6.45, 7) is 9.59. The third-order valence-electron chi connectivity index (χ3n) is 5.40. The molecule has 2 aromatic carbocycles. The van der Waals surface area contributed by atoms with Crippen molar-refractivity contribution >= 4 is 38.7 Å². The average Bonchev–Trinajstić information content (AvgIpc) is 2.77. The van der Waals surface area contributed by atoms with Crippen LogP contribution in [0.15, 0.2) is 47.4 Å². The van der Waals surface area contributed by atoms with Crippen LogP contribution in [0.2, 0.25) is 0 Å². The zero-order valence-corrected chi connectivity index (χ0v) is 20.7. The summed E-state index contributed by atoms with van der Waals surface area (Å²) in [5.41, 5.74) is 1.75. The highest BCUT2D eigenvalue weighted by molar-refractivity contribution is 7.89. The Labute approximate surface area is 200 Å². The normalized spacial score (nSPS) is 15.1. The first-order valence-electron chi connectivity index (χ1n) is 11.0. The van der Waals surface area contributed by atoms with E-state index in [1.807, 2.05) is 25.7 Å². The van der Waals surface area contributed by atoms with E-state index in [9.17, 15) is 23.3 Å². The van der Waals surface area contributed by atoms with Crippen LogP contribution in [0, 0.1) is 15.5 Å². The summed E-state index contributed by atoms with van der Waals surface area (Å²) in [7, 11) is -3.67. The molecule has 1 fully saturated rings. The topological polar surface area (TPSA) is 125 Å². The van der Waals surface area contributed by atoms with Crippen molar-refractivity contribution < 1.29 is 18.1 Å². The molecule has 2 N–H and O–H groups in total. The van der Waals surface area contributed by atoms with Gasteiger partial charge in [-0.2, -0.15) is 4.31 Å². The maximum atomic E-state index is 13.1. The van der Waals surface area contributed by atoms with E-state index < -0.39 is 14.9 Å². The van der Waals surface area contributed by atoms with Crippen LogP contribution in [0.5, 0.6) is 0 Å². The Morgan fingerprint density at radius 2 is 1.68 bits per heavy atom. The van der Waals surface area contributed by atoms with Gasteiger partial charge >= 0.3 is 0 Å². The van der Waals surface area contributed by atoms with Gasteiger partial charge in [0.05, 0.1) is 9.82 Å². The number of piperazine rings is 1. The highest BCUT2D eigenvalue weighted by Crippen LogP contribution is 2.31. The standard InChI is InChI=1S/C23H31N5O5S/c1-17(29)25-18-5-8-20(9-6-18)34(32,33)27-13-11-26(12-14-27)19-7-10-22(28(30)31)21(15-19)24-16-23(2,3)4/h5-10,15,24H,11-14,16H2,1-4H3,(H,25,29). The minimum Gasteiger partial charge on any atom is -0.379 e. The number of nitrogens with one attached hydrogen (secondary N) is 2. The molecule has 11 heteroatoms. The van der Waals surface area contributed by atoms with Crippen LogP contribution in [0.1, 0.15) is 27.7 Å². The Morgan fingerprint density at radius 1 is 1.06 bits per heavy atom. The van der Waals surface area contributed by atoms with Gasteiger partial charge in [-0.05, 0) is 41.8 Å². The van der Waals surface area contributed by atoms with Gasteiger partial charge in [0.15, 0.2) is 0 Å². The number of hydrogen-bond donors (Lipinski definition) is 2. The third kappa shape index (κ3) is 6.23. The molecule has 1 heterocycles. The summed E-state index contributed by atoms with van der Waals surface area (Å²) in [6.07, 6.45) is 0. The summed E-state index contributed by atoms with van der Waals surface area (Å²) in [4.78, 5) is 24.4. The SMILES string of the molecule is CC(=O)Nc1ccc(S(=O)(=O)N2CCN(c3ccc([N+](=O)[O-])c(NCC(C)(C)C)c3)CC2)cc1. The van der Waals surface area contributed by atoms with Crippen molar-refractivity contribution in [2.75, 3.05) is 48.3 Å². The van der Waals surface area contributed by atoms with Gasteiger partial charge in [0, 0.05) is 57.1 Å². The number of rotatable bonds is 7. The lowest BCUT2D eigenvalue weighted by molar-refractivity contribution is -0.384. The van der Waals surface area contributed by atoms with E-state index in [2.05, 4.69) is 10.6 Å². The highest BCUT2D eigenvalue weighted by Gasteiger charge is 2.29. The van der Waals surface area contributed by atoms with E-state index in [0.717, 1.165) is 5.69 Å². The molecule has 0 aromatic heterocycles. The predicted molar refractivity (Wildman–Crippen MR) is 133 cm³/mol. The number of nitro benzene ring substituents is 1. The largest absolute Gasteiger partial charge is 0.379 e. The monoisotopic (exact) mass is 489 g/mol.